The maximum absolute atomic E-state index is 0. The van der Waals surface area contributed by atoms with Gasteiger partial charge in [-0.05, 0) is 0 Å². The van der Waals surface area contributed by atoms with Gasteiger partial charge in [0.05, 0.1) is 0 Å². The van der Waals surface area contributed by atoms with Crippen molar-refractivity contribution in [3.05, 3.63) is 0 Å². The zero-order valence-electron chi connectivity index (χ0n) is 2.23. The summed E-state index contributed by atoms with van der Waals surface area (Å²) in [7, 11) is 0. The fraction of sp³-hybridized carbons (Fsp3) is 0. The van der Waals surface area contributed by atoms with E-state index in [1.165, 1.54) is 0 Å². The Morgan fingerprint density at radius 3 is 0.750 bits per heavy atom. The summed E-state index contributed by atoms with van der Waals surface area (Å²) in [6.45, 7) is 0. The molecule has 0 amide bonds. The molecule has 0 saturated heterocycles. The Kier molecular flexibility index (Phi) is 509. The molecule has 0 heterocycles. The largest absolute Gasteiger partial charge is 0.344 e. The second-order valence-corrected chi connectivity index (χ2v) is 0. The molecule has 0 aromatic rings. The van der Waals surface area contributed by atoms with Crippen molar-refractivity contribution in [2.75, 3.05) is 0 Å². The van der Waals surface area contributed by atoms with E-state index in [4.69, 9.17) is 0 Å². The average molecular weight is 155 g/mol. The van der Waals surface area contributed by atoms with Crippen LogP contribution in [0.15, 0.2) is 0 Å². The molecule has 0 fully saturated rings. The predicted molar refractivity (Wildman–Crippen MR) is 19.5 cm³/mol. The van der Waals surface area contributed by atoms with Crippen molar-refractivity contribution >= 4 is 24.8 Å². The quantitative estimate of drug-likeness (QED) is 0.521. The van der Waals surface area contributed by atoms with Crippen LogP contribution in [0.5, 0.6) is 0 Å². The van der Waals surface area contributed by atoms with E-state index in [1.807, 2.05) is 0 Å². The van der Waals surface area contributed by atoms with Crippen molar-refractivity contribution in [1.82, 2.24) is 6.15 Å². The van der Waals surface area contributed by atoms with Crippen LogP contribution in [0.1, 0.15) is 0 Å². The summed E-state index contributed by atoms with van der Waals surface area (Å²) < 4.78 is 0. The molecular weight excluding hydrogens is 150 g/mol. The number of hydrogen-bond donors (Lipinski definition) is 1. The van der Waals surface area contributed by atoms with Gasteiger partial charge in [-0.2, -0.15) is 0 Å². The molecule has 0 aliphatic carbocycles. The second kappa shape index (κ2) is 30.8. The molecular formula is H5Cl2NZn. The van der Waals surface area contributed by atoms with Gasteiger partial charge in [0, 0.05) is 19.5 Å². The van der Waals surface area contributed by atoms with Gasteiger partial charge in [-0.25, -0.2) is 0 Å². The van der Waals surface area contributed by atoms with E-state index in [-0.39, 0.29) is 50.4 Å². The third kappa shape index (κ3) is 10.9. The molecule has 0 spiro atoms. The van der Waals surface area contributed by atoms with Crippen molar-refractivity contribution in [1.29, 1.82) is 0 Å². The van der Waals surface area contributed by atoms with Gasteiger partial charge >= 0.3 is 0 Å². The van der Waals surface area contributed by atoms with Crippen LogP contribution in [-0.2, 0) is 19.5 Å². The molecule has 0 atom stereocenters. The van der Waals surface area contributed by atoms with Gasteiger partial charge < -0.3 is 6.15 Å². The minimum absolute atomic E-state index is 0. The topological polar surface area (TPSA) is 35.0 Å². The Morgan fingerprint density at radius 1 is 0.750 bits per heavy atom. The first-order chi connectivity index (χ1) is 0. The summed E-state index contributed by atoms with van der Waals surface area (Å²) in [5.41, 5.74) is 0. The van der Waals surface area contributed by atoms with Crippen LogP contribution in [0.3, 0.4) is 0 Å². The van der Waals surface area contributed by atoms with Crippen LogP contribution < -0.4 is 6.15 Å². The minimum atomic E-state index is 0. The first-order valence-corrected chi connectivity index (χ1v) is 0. The van der Waals surface area contributed by atoms with E-state index < -0.39 is 0 Å². The molecule has 4 heteroatoms. The minimum Gasteiger partial charge on any atom is -0.344 e. The van der Waals surface area contributed by atoms with Crippen LogP contribution in [0.2, 0.25) is 0 Å². The van der Waals surface area contributed by atoms with Crippen molar-refractivity contribution < 1.29 is 19.5 Å². The molecule has 3 N–H and O–H groups in total. The molecule has 0 aromatic heterocycles. The van der Waals surface area contributed by atoms with E-state index >= 15 is 0 Å². The van der Waals surface area contributed by atoms with Crippen molar-refractivity contribution in [3.63, 3.8) is 0 Å². The summed E-state index contributed by atoms with van der Waals surface area (Å²) in [6.07, 6.45) is 0. The third-order valence-corrected chi connectivity index (χ3v) is 0. The Hall–Kier alpha value is 1.16. The van der Waals surface area contributed by atoms with Crippen LogP contribution in [-0.4, -0.2) is 0 Å². The van der Waals surface area contributed by atoms with Crippen LogP contribution >= 0.6 is 24.8 Å². The fourth-order valence-corrected chi connectivity index (χ4v) is 0. The van der Waals surface area contributed by atoms with Crippen LogP contribution in [0.25, 0.3) is 0 Å². The van der Waals surface area contributed by atoms with Crippen LogP contribution in [0.4, 0.5) is 0 Å². The predicted octanol–water partition coefficient (Wildman–Crippen LogP) is 1.00. The van der Waals surface area contributed by atoms with Gasteiger partial charge in [0.1, 0.15) is 0 Å². The summed E-state index contributed by atoms with van der Waals surface area (Å²) in [4.78, 5) is 0. The first-order valence-electron chi connectivity index (χ1n) is 0. The number of hydrogen-bond acceptors (Lipinski definition) is 1. The monoisotopic (exact) mass is 153 g/mol. The van der Waals surface area contributed by atoms with E-state index in [9.17, 15) is 0 Å². The van der Waals surface area contributed by atoms with Crippen molar-refractivity contribution in [3.8, 4) is 0 Å². The first kappa shape index (κ1) is 66.1. The molecule has 0 aromatic carbocycles. The molecule has 26 valence electrons. The Bertz CT molecular complexity index is 6.00. The fourth-order valence-electron chi connectivity index (χ4n) is 0. The van der Waals surface area contributed by atoms with E-state index in [2.05, 4.69) is 0 Å². The zero-order chi connectivity index (χ0) is 0. The van der Waals surface area contributed by atoms with Gasteiger partial charge in [-0.1, -0.05) is 0 Å². The second-order valence-electron chi connectivity index (χ2n) is 0. The third-order valence-electron chi connectivity index (χ3n) is 0. The Labute approximate surface area is 50.7 Å². The molecule has 0 bridgehead atoms. The molecule has 4 heavy (non-hydrogen) atoms. The van der Waals surface area contributed by atoms with E-state index in [0.717, 1.165) is 0 Å². The van der Waals surface area contributed by atoms with Gasteiger partial charge in [0.2, 0.25) is 0 Å². The normalized spacial score (nSPS) is 0. The number of rotatable bonds is 0. The Morgan fingerprint density at radius 2 is 0.750 bits per heavy atom. The van der Waals surface area contributed by atoms with Gasteiger partial charge in [0.25, 0.3) is 0 Å². The van der Waals surface area contributed by atoms with Crippen LogP contribution in [0, 0.1) is 0 Å². The van der Waals surface area contributed by atoms with Gasteiger partial charge in [0.15, 0.2) is 0 Å². The summed E-state index contributed by atoms with van der Waals surface area (Å²) in [5.74, 6) is 0. The standard InChI is InChI=1S/2ClH.H3N.Zn/h2*1H;1H3;. The number of halogens is 2. The smallest absolute Gasteiger partial charge is 0 e. The molecule has 0 radical (unpaired) electrons. The SMILES string of the molecule is Cl.Cl.N.[Zn]. The van der Waals surface area contributed by atoms with Crippen molar-refractivity contribution in [2.24, 2.45) is 0 Å². The molecule has 0 saturated carbocycles. The van der Waals surface area contributed by atoms with Crippen molar-refractivity contribution in [2.45, 2.75) is 0 Å². The van der Waals surface area contributed by atoms with E-state index in [1.54, 1.807) is 0 Å². The zero-order valence-corrected chi connectivity index (χ0v) is 6.83. The summed E-state index contributed by atoms with van der Waals surface area (Å²) >= 11 is 0. The summed E-state index contributed by atoms with van der Waals surface area (Å²) in [6, 6.07) is 0. The molecule has 0 unspecified atom stereocenters. The van der Waals surface area contributed by atoms with E-state index in [0.29, 0.717) is 0 Å². The maximum atomic E-state index is 0. The van der Waals surface area contributed by atoms with Gasteiger partial charge in [-0.15, -0.1) is 24.8 Å². The molecule has 0 rings (SSSR count). The Balaban J connectivity index is 0. The summed E-state index contributed by atoms with van der Waals surface area (Å²) in [5, 5.41) is 0. The molecule has 1 nitrogen and oxygen atoms in total. The average Bonchev–Trinajstić information content (AvgIpc) is 0. The van der Waals surface area contributed by atoms with Gasteiger partial charge in [-0.3, -0.25) is 0 Å². The molecule has 0 aliphatic rings. The maximum Gasteiger partial charge on any atom is 0 e. The molecule has 0 aliphatic heterocycles.